The maximum absolute atomic E-state index is 3.52. The number of nitrogens with zero attached hydrogens (tertiary/aromatic N) is 1. The Kier molecular flexibility index (Phi) is 6.05. The van der Waals surface area contributed by atoms with Crippen molar-refractivity contribution in [2.24, 2.45) is 5.92 Å². The number of rotatable bonds is 8. The lowest BCUT2D eigenvalue weighted by Crippen LogP contribution is -2.28. The molecule has 0 unspecified atom stereocenters. The van der Waals surface area contributed by atoms with Crippen molar-refractivity contribution in [2.45, 2.75) is 39.0 Å². The van der Waals surface area contributed by atoms with Crippen molar-refractivity contribution in [1.29, 1.82) is 0 Å². The van der Waals surface area contributed by atoms with E-state index in [0.717, 1.165) is 11.2 Å². The summed E-state index contributed by atoms with van der Waals surface area (Å²) in [6, 6.07) is 0. The van der Waals surface area contributed by atoms with Gasteiger partial charge in [-0.1, -0.05) is 42.1 Å². The van der Waals surface area contributed by atoms with Crippen LogP contribution in [0.15, 0.2) is 0 Å². The Morgan fingerprint density at radius 2 is 2.00 bits per heavy atom. The summed E-state index contributed by atoms with van der Waals surface area (Å²) >= 11 is 3.52. The van der Waals surface area contributed by atoms with Crippen molar-refractivity contribution >= 4 is 15.9 Å². The quantitative estimate of drug-likeness (QED) is 0.596. The maximum atomic E-state index is 3.52. The van der Waals surface area contributed by atoms with Crippen LogP contribution < -0.4 is 0 Å². The van der Waals surface area contributed by atoms with Gasteiger partial charge in [0.15, 0.2) is 0 Å². The van der Waals surface area contributed by atoms with Gasteiger partial charge in [-0.05, 0) is 31.8 Å². The largest absolute Gasteiger partial charge is 0.302 e. The van der Waals surface area contributed by atoms with Crippen LogP contribution in [0.2, 0.25) is 0 Å². The summed E-state index contributed by atoms with van der Waals surface area (Å²) in [6.07, 6.45) is 7.11. The first-order valence-electron chi connectivity index (χ1n) is 5.65. The van der Waals surface area contributed by atoms with Gasteiger partial charge >= 0.3 is 0 Å². The molecule has 2 heteroatoms. The van der Waals surface area contributed by atoms with Gasteiger partial charge in [-0.2, -0.15) is 0 Å². The van der Waals surface area contributed by atoms with E-state index in [2.05, 4.69) is 27.8 Å². The smallest absolute Gasteiger partial charge is 0.0159 e. The minimum atomic E-state index is 1.08. The van der Waals surface area contributed by atoms with Gasteiger partial charge in [-0.15, -0.1) is 0 Å². The fraction of sp³-hybridized carbons (Fsp3) is 1.00. The van der Waals surface area contributed by atoms with E-state index < -0.39 is 0 Å². The molecule has 1 aliphatic rings. The third-order valence-electron chi connectivity index (χ3n) is 2.78. The van der Waals surface area contributed by atoms with Crippen LogP contribution in [0.1, 0.15) is 39.0 Å². The van der Waals surface area contributed by atoms with Crippen molar-refractivity contribution in [1.82, 2.24) is 4.90 Å². The van der Waals surface area contributed by atoms with Crippen molar-refractivity contribution in [3.8, 4) is 0 Å². The molecule has 1 fully saturated rings. The lowest BCUT2D eigenvalue weighted by Gasteiger charge is -2.20. The molecule has 0 aromatic carbocycles. The molecule has 1 saturated carbocycles. The van der Waals surface area contributed by atoms with Gasteiger partial charge in [0, 0.05) is 11.9 Å². The Morgan fingerprint density at radius 1 is 1.23 bits per heavy atom. The van der Waals surface area contributed by atoms with Gasteiger partial charge in [0.25, 0.3) is 0 Å². The lowest BCUT2D eigenvalue weighted by molar-refractivity contribution is 0.277. The molecule has 0 bridgehead atoms. The normalized spacial score (nSPS) is 16.8. The molecular weight excluding hydrogens is 226 g/mol. The molecule has 1 nitrogen and oxygen atoms in total. The molecule has 1 rings (SSSR count). The second kappa shape index (κ2) is 6.83. The summed E-state index contributed by atoms with van der Waals surface area (Å²) in [7, 11) is 0. The van der Waals surface area contributed by atoms with E-state index >= 15 is 0 Å². The monoisotopic (exact) mass is 247 g/mol. The second-order valence-electron chi connectivity index (χ2n) is 4.12. The SMILES string of the molecule is CCCCN(CCBr)CCC1CC1. The zero-order chi connectivity index (χ0) is 9.52. The third-order valence-corrected chi connectivity index (χ3v) is 3.13. The average Bonchev–Trinajstić information content (AvgIpc) is 2.93. The summed E-state index contributed by atoms with van der Waals surface area (Å²) in [6.45, 7) is 6.13. The van der Waals surface area contributed by atoms with Crippen molar-refractivity contribution in [3.63, 3.8) is 0 Å². The molecule has 0 aromatic heterocycles. The van der Waals surface area contributed by atoms with Crippen LogP contribution in [0.3, 0.4) is 0 Å². The highest BCUT2D eigenvalue weighted by Crippen LogP contribution is 2.32. The topological polar surface area (TPSA) is 3.24 Å². The summed E-state index contributed by atoms with van der Waals surface area (Å²) in [5.74, 6) is 1.08. The predicted octanol–water partition coefficient (Wildman–Crippen LogP) is 3.28. The molecule has 0 aromatic rings. The number of hydrogen-bond acceptors (Lipinski definition) is 1. The Hall–Kier alpha value is 0.440. The molecule has 13 heavy (non-hydrogen) atoms. The second-order valence-corrected chi connectivity index (χ2v) is 4.91. The molecule has 0 amide bonds. The van der Waals surface area contributed by atoms with E-state index in [-0.39, 0.29) is 0 Å². The molecule has 1 aliphatic carbocycles. The predicted molar refractivity (Wildman–Crippen MR) is 62.5 cm³/mol. The van der Waals surface area contributed by atoms with Gasteiger partial charge in [-0.3, -0.25) is 0 Å². The van der Waals surface area contributed by atoms with Gasteiger partial charge in [0.2, 0.25) is 0 Å². The molecule has 0 aliphatic heterocycles. The van der Waals surface area contributed by atoms with E-state index in [1.807, 2.05) is 0 Å². The standard InChI is InChI=1S/C11H22BrN/c1-2-3-8-13(10-7-12)9-6-11-4-5-11/h11H,2-10H2,1H3. The first kappa shape index (κ1) is 11.5. The van der Waals surface area contributed by atoms with E-state index in [1.54, 1.807) is 0 Å². The van der Waals surface area contributed by atoms with Crippen LogP contribution in [-0.2, 0) is 0 Å². The van der Waals surface area contributed by atoms with Crippen LogP contribution in [-0.4, -0.2) is 29.9 Å². The number of alkyl halides is 1. The van der Waals surface area contributed by atoms with Crippen LogP contribution in [0, 0.1) is 5.92 Å². The van der Waals surface area contributed by atoms with E-state index in [1.165, 1.54) is 51.7 Å². The van der Waals surface area contributed by atoms with Crippen molar-refractivity contribution in [3.05, 3.63) is 0 Å². The molecular formula is C11H22BrN. The van der Waals surface area contributed by atoms with Crippen LogP contribution in [0.25, 0.3) is 0 Å². The van der Waals surface area contributed by atoms with Crippen molar-refractivity contribution in [2.75, 3.05) is 25.0 Å². The Balaban J connectivity index is 2.03. The number of hydrogen-bond donors (Lipinski definition) is 0. The Labute approximate surface area is 91.0 Å². The third kappa shape index (κ3) is 5.69. The Bertz CT molecular complexity index is 123. The van der Waals surface area contributed by atoms with Gasteiger partial charge in [-0.25, -0.2) is 0 Å². The van der Waals surface area contributed by atoms with Crippen LogP contribution in [0.5, 0.6) is 0 Å². The van der Waals surface area contributed by atoms with E-state index in [4.69, 9.17) is 0 Å². The molecule has 0 saturated heterocycles. The first-order chi connectivity index (χ1) is 6.36. The molecule has 78 valence electrons. The van der Waals surface area contributed by atoms with E-state index in [9.17, 15) is 0 Å². The molecule has 0 atom stereocenters. The van der Waals surface area contributed by atoms with Gasteiger partial charge < -0.3 is 4.90 Å². The lowest BCUT2D eigenvalue weighted by atomic mass is 10.2. The van der Waals surface area contributed by atoms with E-state index in [0.29, 0.717) is 0 Å². The molecule has 0 radical (unpaired) electrons. The summed E-state index contributed by atoms with van der Waals surface area (Å²) in [5.41, 5.74) is 0. The number of halogens is 1. The highest BCUT2D eigenvalue weighted by Gasteiger charge is 2.21. The fourth-order valence-electron chi connectivity index (χ4n) is 1.61. The molecule has 0 N–H and O–H groups in total. The summed E-state index contributed by atoms with van der Waals surface area (Å²) < 4.78 is 0. The summed E-state index contributed by atoms with van der Waals surface area (Å²) in [5, 5.41) is 1.13. The van der Waals surface area contributed by atoms with Crippen LogP contribution >= 0.6 is 15.9 Å². The highest BCUT2D eigenvalue weighted by molar-refractivity contribution is 9.09. The van der Waals surface area contributed by atoms with Gasteiger partial charge in [0.05, 0.1) is 0 Å². The minimum Gasteiger partial charge on any atom is -0.302 e. The summed E-state index contributed by atoms with van der Waals surface area (Å²) in [4.78, 5) is 2.61. The highest BCUT2D eigenvalue weighted by atomic mass is 79.9. The zero-order valence-corrected chi connectivity index (χ0v) is 10.4. The zero-order valence-electron chi connectivity index (χ0n) is 8.77. The molecule has 0 spiro atoms. The molecule has 0 heterocycles. The Morgan fingerprint density at radius 3 is 2.54 bits per heavy atom. The van der Waals surface area contributed by atoms with Gasteiger partial charge in [0.1, 0.15) is 0 Å². The van der Waals surface area contributed by atoms with Crippen molar-refractivity contribution < 1.29 is 0 Å². The fourth-order valence-corrected chi connectivity index (χ4v) is 2.11. The number of unbranched alkanes of at least 4 members (excludes halogenated alkanes) is 1. The van der Waals surface area contributed by atoms with Crippen LogP contribution in [0.4, 0.5) is 0 Å². The minimum absolute atomic E-state index is 1.08. The first-order valence-corrected chi connectivity index (χ1v) is 6.77. The maximum Gasteiger partial charge on any atom is 0.0159 e. The average molecular weight is 248 g/mol.